The van der Waals surface area contributed by atoms with Crippen molar-refractivity contribution in [1.29, 1.82) is 0 Å². The largest absolute Gasteiger partial charge is 0.299 e. The lowest BCUT2D eigenvalue weighted by molar-refractivity contribution is 0.103. The van der Waals surface area contributed by atoms with Crippen LogP contribution in [-0.2, 0) is 6.54 Å². The molecule has 6 nitrogen and oxygen atoms in total. The molecule has 0 saturated carbocycles. The molecule has 3 heterocycles. The van der Waals surface area contributed by atoms with Crippen molar-refractivity contribution in [2.24, 2.45) is 0 Å². The van der Waals surface area contributed by atoms with Gasteiger partial charge in [-0.2, -0.15) is 0 Å². The van der Waals surface area contributed by atoms with Crippen molar-refractivity contribution in [3.8, 4) is 0 Å². The number of carbonyl (C=O) groups excluding carboxylic acids is 1. The van der Waals surface area contributed by atoms with Gasteiger partial charge in [-0.15, -0.1) is 22.7 Å². The smallest absolute Gasteiger partial charge is 0.267 e. The second-order valence-electron chi connectivity index (χ2n) is 5.48. The van der Waals surface area contributed by atoms with Gasteiger partial charge in [0.2, 0.25) is 0 Å². The van der Waals surface area contributed by atoms with Crippen molar-refractivity contribution in [2.75, 3.05) is 5.32 Å². The summed E-state index contributed by atoms with van der Waals surface area (Å²) < 4.78 is 1.64. The highest BCUT2D eigenvalue weighted by atomic mass is 32.1. The molecule has 0 unspecified atom stereocenters. The number of aryl methyl sites for hydroxylation is 2. The highest BCUT2D eigenvalue weighted by molar-refractivity contribution is 7.20. The third-order valence-electron chi connectivity index (χ3n) is 3.78. The molecule has 0 aliphatic carbocycles. The summed E-state index contributed by atoms with van der Waals surface area (Å²) in [5, 5.41) is 5.64. The summed E-state index contributed by atoms with van der Waals surface area (Å²) in [4.78, 5) is 34.7. The standard InChI is InChI=1S/C16H18N4O2S2/c1-3-4-5-7-20-9-18-14-11(15(20)22)10(2)12(24-14)13(21)19-16-17-6-8-23-16/h6,8-9H,3-5,7H2,1-2H3,(H,17,19,21). The molecule has 24 heavy (non-hydrogen) atoms. The molecule has 126 valence electrons. The Labute approximate surface area is 147 Å². The van der Waals surface area contributed by atoms with E-state index in [1.807, 2.05) is 0 Å². The number of amides is 1. The minimum absolute atomic E-state index is 0.0712. The first-order chi connectivity index (χ1) is 11.6. The number of hydrogen-bond donors (Lipinski definition) is 1. The van der Waals surface area contributed by atoms with Gasteiger partial charge in [0, 0.05) is 18.1 Å². The Balaban J connectivity index is 1.93. The third kappa shape index (κ3) is 3.25. The predicted molar refractivity (Wildman–Crippen MR) is 98.2 cm³/mol. The summed E-state index contributed by atoms with van der Waals surface area (Å²) in [6.07, 6.45) is 6.34. The normalized spacial score (nSPS) is 11.1. The quantitative estimate of drug-likeness (QED) is 0.679. The number of nitrogens with zero attached hydrogens (tertiary/aromatic N) is 3. The van der Waals surface area contributed by atoms with E-state index in [4.69, 9.17) is 0 Å². The van der Waals surface area contributed by atoms with E-state index in [1.165, 1.54) is 22.7 Å². The van der Waals surface area contributed by atoms with E-state index in [2.05, 4.69) is 22.2 Å². The third-order valence-corrected chi connectivity index (χ3v) is 5.67. The Morgan fingerprint density at radius 3 is 2.88 bits per heavy atom. The van der Waals surface area contributed by atoms with Crippen LogP contribution in [0.3, 0.4) is 0 Å². The number of unbranched alkanes of at least 4 members (excludes halogenated alkanes) is 2. The van der Waals surface area contributed by atoms with Gasteiger partial charge in [-0.25, -0.2) is 9.97 Å². The Bertz CT molecular complexity index is 912. The predicted octanol–water partition coefficient (Wildman–Crippen LogP) is 3.67. The molecule has 0 atom stereocenters. The molecule has 0 saturated heterocycles. The molecular formula is C16H18N4O2S2. The Morgan fingerprint density at radius 1 is 1.33 bits per heavy atom. The molecule has 0 bridgehead atoms. The van der Waals surface area contributed by atoms with Gasteiger partial charge in [-0.05, 0) is 18.9 Å². The van der Waals surface area contributed by atoms with E-state index in [-0.39, 0.29) is 11.5 Å². The maximum Gasteiger partial charge on any atom is 0.267 e. The molecule has 0 fully saturated rings. The Hall–Kier alpha value is -2.06. The lowest BCUT2D eigenvalue weighted by Crippen LogP contribution is -2.20. The number of nitrogens with one attached hydrogen (secondary N) is 1. The molecule has 3 rings (SSSR count). The fraction of sp³-hybridized carbons (Fsp3) is 0.375. The van der Waals surface area contributed by atoms with E-state index < -0.39 is 0 Å². The first-order valence-electron chi connectivity index (χ1n) is 7.81. The summed E-state index contributed by atoms with van der Waals surface area (Å²) in [7, 11) is 0. The van der Waals surface area contributed by atoms with E-state index in [9.17, 15) is 9.59 Å². The highest BCUT2D eigenvalue weighted by Gasteiger charge is 2.20. The summed E-state index contributed by atoms with van der Waals surface area (Å²) in [5.74, 6) is -0.248. The highest BCUT2D eigenvalue weighted by Crippen LogP contribution is 2.27. The zero-order chi connectivity index (χ0) is 17.1. The minimum Gasteiger partial charge on any atom is -0.299 e. The average molecular weight is 362 g/mol. The molecule has 3 aromatic rings. The van der Waals surface area contributed by atoms with Crippen LogP contribution in [0.25, 0.3) is 10.2 Å². The molecule has 0 aliphatic heterocycles. The average Bonchev–Trinajstić information content (AvgIpc) is 3.18. The fourth-order valence-electron chi connectivity index (χ4n) is 2.51. The van der Waals surface area contributed by atoms with Crippen molar-refractivity contribution in [2.45, 2.75) is 39.7 Å². The number of thiazole rings is 1. The van der Waals surface area contributed by atoms with Crippen LogP contribution in [0.2, 0.25) is 0 Å². The Kier molecular flexibility index (Phi) is 5.06. The van der Waals surface area contributed by atoms with Gasteiger partial charge in [-0.3, -0.25) is 19.5 Å². The number of rotatable bonds is 6. The second kappa shape index (κ2) is 7.23. The van der Waals surface area contributed by atoms with E-state index in [1.54, 1.807) is 29.4 Å². The first kappa shape index (κ1) is 16.8. The maximum absolute atomic E-state index is 12.7. The van der Waals surface area contributed by atoms with Crippen LogP contribution in [0.1, 0.15) is 41.4 Å². The van der Waals surface area contributed by atoms with Crippen molar-refractivity contribution >= 4 is 43.9 Å². The van der Waals surface area contributed by atoms with Crippen LogP contribution in [-0.4, -0.2) is 20.4 Å². The number of aromatic nitrogens is 3. The molecule has 8 heteroatoms. The van der Waals surface area contributed by atoms with Gasteiger partial charge < -0.3 is 0 Å². The van der Waals surface area contributed by atoms with Crippen molar-refractivity contribution < 1.29 is 4.79 Å². The second-order valence-corrected chi connectivity index (χ2v) is 7.37. The lowest BCUT2D eigenvalue weighted by atomic mass is 10.2. The Morgan fingerprint density at radius 2 is 2.17 bits per heavy atom. The number of thiophene rings is 1. The molecule has 1 amide bonds. The molecule has 1 N–H and O–H groups in total. The zero-order valence-electron chi connectivity index (χ0n) is 13.5. The zero-order valence-corrected chi connectivity index (χ0v) is 15.2. The van der Waals surface area contributed by atoms with Crippen molar-refractivity contribution in [3.63, 3.8) is 0 Å². The molecule has 3 aromatic heterocycles. The van der Waals surface area contributed by atoms with Crippen molar-refractivity contribution in [1.82, 2.24) is 14.5 Å². The van der Waals surface area contributed by atoms with Crippen molar-refractivity contribution in [3.05, 3.63) is 38.7 Å². The summed E-state index contributed by atoms with van der Waals surface area (Å²) in [5.41, 5.74) is 0.615. The fourth-order valence-corrected chi connectivity index (χ4v) is 4.06. The number of fused-ring (bicyclic) bond motifs is 1. The first-order valence-corrected chi connectivity index (χ1v) is 9.50. The van der Waals surface area contributed by atoms with Gasteiger partial charge in [0.1, 0.15) is 4.83 Å². The summed E-state index contributed by atoms with van der Waals surface area (Å²) in [6, 6.07) is 0. The van der Waals surface area contributed by atoms with Gasteiger partial charge in [0.25, 0.3) is 11.5 Å². The number of carbonyl (C=O) groups is 1. The topological polar surface area (TPSA) is 76.9 Å². The van der Waals surface area contributed by atoms with Crippen LogP contribution >= 0.6 is 22.7 Å². The SMILES string of the molecule is CCCCCn1cnc2sc(C(=O)Nc3nccs3)c(C)c2c1=O. The molecule has 0 aromatic carbocycles. The molecular weight excluding hydrogens is 344 g/mol. The van der Waals surface area contributed by atoms with Gasteiger partial charge >= 0.3 is 0 Å². The van der Waals surface area contributed by atoms with Crippen LogP contribution in [0.4, 0.5) is 5.13 Å². The number of hydrogen-bond acceptors (Lipinski definition) is 6. The van der Waals surface area contributed by atoms with E-state index in [0.717, 1.165) is 19.3 Å². The minimum atomic E-state index is -0.248. The van der Waals surface area contributed by atoms with E-state index in [0.29, 0.717) is 32.3 Å². The van der Waals surface area contributed by atoms with Gasteiger partial charge in [-0.1, -0.05) is 19.8 Å². The summed E-state index contributed by atoms with van der Waals surface area (Å²) in [6.45, 7) is 4.58. The molecule has 0 spiro atoms. The summed E-state index contributed by atoms with van der Waals surface area (Å²) >= 11 is 2.60. The van der Waals surface area contributed by atoms with Crippen LogP contribution in [0.15, 0.2) is 22.7 Å². The van der Waals surface area contributed by atoms with Crippen LogP contribution in [0, 0.1) is 6.92 Å². The monoisotopic (exact) mass is 362 g/mol. The lowest BCUT2D eigenvalue weighted by Gasteiger charge is -2.04. The maximum atomic E-state index is 12.7. The van der Waals surface area contributed by atoms with E-state index >= 15 is 0 Å². The molecule has 0 radical (unpaired) electrons. The molecule has 0 aliphatic rings. The van der Waals surface area contributed by atoms with Crippen LogP contribution in [0.5, 0.6) is 0 Å². The van der Waals surface area contributed by atoms with Gasteiger partial charge in [0.05, 0.1) is 16.6 Å². The number of anilines is 1. The van der Waals surface area contributed by atoms with Gasteiger partial charge in [0.15, 0.2) is 5.13 Å². The van der Waals surface area contributed by atoms with Crippen LogP contribution < -0.4 is 10.9 Å².